The maximum atomic E-state index is 13.2. The van der Waals surface area contributed by atoms with Crippen molar-refractivity contribution in [1.29, 1.82) is 0 Å². The highest BCUT2D eigenvalue weighted by molar-refractivity contribution is 7.13. The topological polar surface area (TPSA) is 83.9 Å². The van der Waals surface area contributed by atoms with E-state index in [1.54, 1.807) is 23.7 Å². The Labute approximate surface area is 177 Å². The number of carbonyl (C=O) groups is 1. The third-order valence-electron chi connectivity index (χ3n) is 6.67. The lowest BCUT2D eigenvalue weighted by atomic mass is 9.83. The number of amides is 1. The van der Waals surface area contributed by atoms with Gasteiger partial charge >= 0.3 is 0 Å². The monoisotopic (exact) mass is 421 g/mol. The van der Waals surface area contributed by atoms with Crippen molar-refractivity contribution in [2.75, 3.05) is 13.1 Å². The van der Waals surface area contributed by atoms with Gasteiger partial charge in [0.2, 0.25) is 0 Å². The van der Waals surface area contributed by atoms with E-state index in [1.165, 1.54) is 17.7 Å². The predicted octanol–water partition coefficient (Wildman–Crippen LogP) is 2.83. The molecule has 0 radical (unpaired) electrons. The highest BCUT2D eigenvalue weighted by atomic mass is 32.1. The number of piperidine rings is 1. The highest BCUT2D eigenvalue weighted by Crippen LogP contribution is 2.37. The molecule has 6 rings (SSSR count). The van der Waals surface area contributed by atoms with Crippen LogP contribution in [0.25, 0.3) is 11.4 Å². The lowest BCUT2D eigenvalue weighted by Crippen LogP contribution is -2.49. The summed E-state index contributed by atoms with van der Waals surface area (Å²) in [4.78, 5) is 41.5. The molecule has 0 aromatic carbocycles. The normalized spacial score (nSPS) is 22.5. The third kappa shape index (κ3) is 2.85. The van der Waals surface area contributed by atoms with Crippen LogP contribution in [-0.4, -0.2) is 43.4 Å². The number of imidazole rings is 1. The van der Waals surface area contributed by atoms with Crippen LogP contribution in [0, 0.1) is 5.92 Å². The van der Waals surface area contributed by atoms with E-state index in [0.29, 0.717) is 41.9 Å². The fraction of sp³-hybridized carbons (Fsp3) is 0.455. The van der Waals surface area contributed by atoms with E-state index >= 15 is 0 Å². The predicted molar refractivity (Wildman–Crippen MR) is 114 cm³/mol. The van der Waals surface area contributed by atoms with Crippen molar-refractivity contribution in [2.24, 2.45) is 5.92 Å². The number of hydrogen-bond donors (Lipinski definition) is 1. The van der Waals surface area contributed by atoms with Gasteiger partial charge in [-0.25, -0.2) is 9.97 Å². The molecule has 5 heterocycles. The fourth-order valence-electron chi connectivity index (χ4n) is 5.28. The van der Waals surface area contributed by atoms with Crippen LogP contribution in [0.2, 0.25) is 0 Å². The van der Waals surface area contributed by atoms with Gasteiger partial charge in [0, 0.05) is 48.5 Å². The largest absolute Gasteiger partial charge is 0.344 e. The smallest absolute Gasteiger partial charge is 0.282 e. The number of aryl methyl sites for hydroxylation is 2. The molecular weight excluding hydrogens is 398 g/mol. The van der Waals surface area contributed by atoms with Crippen molar-refractivity contribution in [3.8, 4) is 11.4 Å². The lowest BCUT2D eigenvalue weighted by molar-refractivity contribution is 0.0594. The molecule has 1 N–H and O–H groups in total. The first-order valence-electron chi connectivity index (χ1n) is 10.7. The average Bonchev–Trinajstić information content (AvgIpc) is 3.44. The minimum atomic E-state index is 0.00419. The van der Waals surface area contributed by atoms with Crippen LogP contribution in [0.15, 0.2) is 29.3 Å². The first-order valence-corrected chi connectivity index (χ1v) is 11.5. The van der Waals surface area contributed by atoms with E-state index in [9.17, 15) is 9.59 Å². The number of nitrogens with zero attached hydrogens (tertiary/aromatic N) is 4. The Morgan fingerprint density at radius 3 is 2.90 bits per heavy atom. The SMILES string of the molecule is O=C(c1nc2c(s1)CCCC2)N1C[C@@H]2C[C@H](C1)c1ccc(-c3ncc[nH]3)c(=O)n1C2. The third-order valence-corrected chi connectivity index (χ3v) is 7.82. The second-order valence-electron chi connectivity index (χ2n) is 8.63. The maximum Gasteiger partial charge on any atom is 0.282 e. The summed E-state index contributed by atoms with van der Waals surface area (Å²) >= 11 is 1.59. The number of carbonyl (C=O) groups excluding carboxylic acids is 1. The van der Waals surface area contributed by atoms with Crippen LogP contribution < -0.4 is 5.56 Å². The summed E-state index contributed by atoms with van der Waals surface area (Å²) in [5.41, 5.74) is 2.77. The van der Waals surface area contributed by atoms with Crippen LogP contribution in [0.4, 0.5) is 0 Å². The van der Waals surface area contributed by atoms with Gasteiger partial charge in [-0.2, -0.15) is 0 Å². The molecule has 2 aliphatic heterocycles. The highest BCUT2D eigenvalue weighted by Gasteiger charge is 2.38. The lowest BCUT2D eigenvalue weighted by Gasteiger charge is -2.42. The van der Waals surface area contributed by atoms with E-state index in [4.69, 9.17) is 0 Å². The van der Waals surface area contributed by atoms with Gasteiger partial charge in [0.05, 0.1) is 11.3 Å². The van der Waals surface area contributed by atoms with Crippen molar-refractivity contribution in [2.45, 2.75) is 44.6 Å². The Morgan fingerprint density at radius 2 is 2.07 bits per heavy atom. The zero-order valence-corrected chi connectivity index (χ0v) is 17.5. The summed E-state index contributed by atoms with van der Waals surface area (Å²) in [5, 5.41) is 0.646. The van der Waals surface area contributed by atoms with Crippen molar-refractivity contribution < 1.29 is 4.79 Å². The standard InChI is InChI=1S/C22H23N5O2S/c28-21-15(19-23-7-8-24-19)5-6-17-14-9-13(11-27(17)21)10-26(12-14)22(29)20-25-16-3-1-2-4-18(16)30-20/h5-8,13-14H,1-4,9-12H2,(H,23,24)/t13-,14+/m0/s1. The molecule has 3 aromatic heterocycles. The van der Waals surface area contributed by atoms with E-state index < -0.39 is 0 Å². The quantitative estimate of drug-likeness (QED) is 0.690. The zero-order chi connectivity index (χ0) is 20.2. The number of likely N-dealkylation sites (tertiary alicyclic amines) is 1. The van der Waals surface area contributed by atoms with Crippen LogP contribution in [-0.2, 0) is 19.4 Å². The molecular formula is C22H23N5O2S. The second-order valence-corrected chi connectivity index (χ2v) is 9.71. The van der Waals surface area contributed by atoms with E-state index in [-0.39, 0.29) is 17.4 Å². The number of pyridine rings is 1. The number of aromatic amines is 1. The van der Waals surface area contributed by atoms with Crippen LogP contribution >= 0.6 is 11.3 Å². The van der Waals surface area contributed by atoms with Gasteiger partial charge < -0.3 is 14.5 Å². The first-order chi connectivity index (χ1) is 14.7. The summed E-state index contributed by atoms with van der Waals surface area (Å²) in [5.74, 6) is 1.15. The van der Waals surface area contributed by atoms with Crippen LogP contribution in [0.5, 0.6) is 0 Å². The summed E-state index contributed by atoms with van der Waals surface area (Å²) in [6, 6.07) is 3.90. The van der Waals surface area contributed by atoms with Gasteiger partial charge in [-0.05, 0) is 50.2 Å². The Balaban J connectivity index is 1.29. The molecule has 2 atom stereocenters. The molecule has 1 amide bonds. The number of H-pyrrole nitrogens is 1. The Morgan fingerprint density at radius 1 is 1.17 bits per heavy atom. The molecule has 0 spiro atoms. The van der Waals surface area contributed by atoms with Crippen molar-refractivity contribution in [3.63, 3.8) is 0 Å². The Hall–Kier alpha value is -2.74. The molecule has 1 fully saturated rings. The molecule has 2 bridgehead atoms. The Kier molecular flexibility index (Phi) is 4.16. The summed E-state index contributed by atoms with van der Waals surface area (Å²) in [7, 11) is 0. The minimum Gasteiger partial charge on any atom is -0.344 e. The molecule has 1 saturated heterocycles. The van der Waals surface area contributed by atoms with Gasteiger partial charge in [0.15, 0.2) is 5.01 Å². The molecule has 0 unspecified atom stereocenters. The molecule has 154 valence electrons. The number of thiazole rings is 1. The Bertz CT molecular complexity index is 1160. The van der Waals surface area contributed by atoms with Crippen molar-refractivity contribution >= 4 is 17.2 Å². The minimum absolute atomic E-state index is 0.00419. The number of aromatic nitrogens is 4. The number of hydrogen-bond acceptors (Lipinski definition) is 5. The number of rotatable bonds is 2. The van der Waals surface area contributed by atoms with E-state index in [1.807, 2.05) is 21.6 Å². The fourth-order valence-corrected chi connectivity index (χ4v) is 6.40. The van der Waals surface area contributed by atoms with Gasteiger partial charge in [-0.1, -0.05) is 0 Å². The van der Waals surface area contributed by atoms with Crippen LogP contribution in [0.3, 0.4) is 0 Å². The molecule has 30 heavy (non-hydrogen) atoms. The molecule has 3 aromatic rings. The molecule has 3 aliphatic rings. The molecule has 1 aliphatic carbocycles. The number of nitrogens with one attached hydrogen (secondary N) is 1. The molecule has 7 nitrogen and oxygen atoms in total. The summed E-state index contributed by atoms with van der Waals surface area (Å²) in [6.07, 6.45) is 8.84. The van der Waals surface area contributed by atoms with Gasteiger partial charge in [-0.3, -0.25) is 9.59 Å². The van der Waals surface area contributed by atoms with Crippen molar-refractivity contribution in [3.05, 3.63) is 56.2 Å². The summed E-state index contributed by atoms with van der Waals surface area (Å²) < 4.78 is 1.90. The first kappa shape index (κ1) is 18.1. The average molecular weight is 422 g/mol. The van der Waals surface area contributed by atoms with Gasteiger partial charge in [-0.15, -0.1) is 11.3 Å². The van der Waals surface area contributed by atoms with E-state index in [0.717, 1.165) is 30.7 Å². The van der Waals surface area contributed by atoms with Crippen molar-refractivity contribution in [1.82, 2.24) is 24.4 Å². The van der Waals surface area contributed by atoms with Gasteiger partial charge in [0.1, 0.15) is 5.82 Å². The van der Waals surface area contributed by atoms with E-state index in [2.05, 4.69) is 15.0 Å². The summed E-state index contributed by atoms with van der Waals surface area (Å²) in [6.45, 7) is 1.99. The molecule has 0 saturated carbocycles. The number of fused-ring (bicyclic) bond motifs is 5. The maximum absolute atomic E-state index is 13.2. The zero-order valence-electron chi connectivity index (χ0n) is 16.6. The molecule has 8 heteroatoms. The second kappa shape index (κ2) is 6.91. The van der Waals surface area contributed by atoms with Gasteiger partial charge in [0.25, 0.3) is 11.5 Å². The van der Waals surface area contributed by atoms with Crippen LogP contribution in [0.1, 0.15) is 51.2 Å².